The van der Waals surface area contributed by atoms with Crippen molar-refractivity contribution in [1.82, 2.24) is 14.9 Å². The highest BCUT2D eigenvalue weighted by Crippen LogP contribution is 2.44. The number of hydrogen-bond acceptors (Lipinski definition) is 6. The van der Waals surface area contributed by atoms with Gasteiger partial charge >= 0.3 is 6.01 Å². The standard InChI is InChI=1S/C13H19N3O3S/c1-10-3-5-14-12(15-10)19-7-11-4-6-20(17,18)13(11)8-16(2)9-13/h3,5,11H,4,6-9H2,1-2H3/t11-/m0/s1. The Morgan fingerprint density at radius 2 is 2.25 bits per heavy atom. The van der Waals surface area contributed by atoms with Crippen LogP contribution in [0.5, 0.6) is 6.01 Å². The first-order valence-electron chi connectivity index (χ1n) is 6.76. The highest BCUT2D eigenvalue weighted by molar-refractivity contribution is 7.93. The number of hydrogen-bond donors (Lipinski definition) is 0. The van der Waals surface area contributed by atoms with Gasteiger partial charge in [-0.15, -0.1) is 0 Å². The molecule has 1 atom stereocenters. The Labute approximate surface area is 119 Å². The van der Waals surface area contributed by atoms with Gasteiger partial charge in [0.2, 0.25) is 0 Å². The Kier molecular flexibility index (Phi) is 3.21. The lowest BCUT2D eigenvalue weighted by molar-refractivity contribution is 0.0841. The zero-order valence-corrected chi connectivity index (χ0v) is 12.6. The molecule has 0 aliphatic carbocycles. The first kappa shape index (κ1) is 13.8. The SMILES string of the molecule is Cc1ccnc(OC[C@@H]2CCS(=O)(=O)C23CN(C)C3)n1. The Morgan fingerprint density at radius 1 is 1.50 bits per heavy atom. The summed E-state index contributed by atoms with van der Waals surface area (Å²) in [7, 11) is -1.06. The van der Waals surface area contributed by atoms with Crippen LogP contribution >= 0.6 is 0 Å². The van der Waals surface area contributed by atoms with Crippen molar-refractivity contribution < 1.29 is 13.2 Å². The van der Waals surface area contributed by atoms with Crippen LogP contribution in [0.3, 0.4) is 0 Å². The maximum absolute atomic E-state index is 12.3. The molecule has 0 unspecified atom stereocenters. The fourth-order valence-electron chi connectivity index (χ4n) is 3.25. The van der Waals surface area contributed by atoms with Gasteiger partial charge in [-0.05, 0) is 26.5 Å². The Balaban J connectivity index is 1.72. The lowest BCUT2D eigenvalue weighted by Crippen LogP contribution is -2.66. The van der Waals surface area contributed by atoms with E-state index in [4.69, 9.17) is 4.74 Å². The third kappa shape index (κ3) is 2.09. The predicted octanol–water partition coefficient (Wildman–Crippen LogP) is 0.283. The van der Waals surface area contributed by atoms with Gasteiger partial charge in [-0.2, -0.15) is 0 Å². The van der Waals surface area contributed by atoms with Crippen molar-refractivity contribution in [2.24, 2.45) is 5.92 Å². The van der Waals surface area contributed by atoms with E-state index in [0.717, 1.165) is 5.69 Å². The number of rotatable bonds is 3. The van der Waals surface area contributed by atoms with Crippen molar-refractivity contribution in [2.75, 3.05) is 32.5 Å². The second kappa shape index (κ2) is 4.66. The van der Waals surface area contributed by atoms with Gasteiger partial charge in [-0.3, -0.25) is 0 Å². The number of sulfone groups is 1. The fourth-order valence-corrected chi connectivity index (χ4v) is 5.78. The monoisotopic (exact) mass is 297 g/mol. The zero-order valence-electron chi connectivity index (χ0n) is 11.7. The third-order valence-electron chi connectivity index (χ3n) is 4.36. The largest absolute Gasteiger partial charge is 0.463 e. The molecule has 3 rings (SSSR count). The van der Waals surface area contributed by atoms with Crippen molar-refractivity contribution in [1.29, 1.82) is 0 Å². The van der Waals surface area contributed by atoms with Crippen LogP contribution in [0.2, 0.25) is 0 Å². The maximum Gasteiger partial charge on any atom is 0.316 e. The maximum atomic E-state index is 12.3. The van der Waals surface area contributed by atoms with E-state index in [1.807, 2.05) is 18.9 Å². The van der Waals surface area contributed by atoms with Crippen LogP contribution in [0.15, 0.2) is 12.3 Å². The molecular weight excluding hydrogens is 278 g/mol. The third-order valence-corrected chi connectivity index (χ3v) is 6.96. The van der Waals surface area contributed by atoms with E-state index in [1.54, 1.807) is 12.3 Å². The molecule has 0 amide bonds. The zero-order chi connectivity index (χ0) is 14.4. The highest BCUT2D eigenvalue weighted by Gasteiger charge is 2.60. The minimum atomic E-state index is -3.01. The van der Waals surface area contributed by atoms with Crippen LogP contribution in [0.1, 0.15) is 12.1 Å². The van der Waals surface area contributed by atoms with Gasteiger partial charge in [0.25, 0.3) is 0 Å². The van der Waals surface area contributed by atoms with Crippen LogP contribution in [-0.4, -0.2) is 60.5 Å². The lowest BCUT2D eigenvalue weighted by Gasteiger charge is -2.48. The average Bonchev–Trinajstić information content (AvgIpc) is 2.60. The summed E-state index contributed by atoms with van der Waals surface area (Å²) >= 11 is 0. The molecule has 2 fully saturated rings. The Bertz CT molecular complexity index is 611. The van der Waals surface area contributed by atoms with Crippen LogP contribution in [0.4, 0.5) is 0 Å². The summed E-state index contributed by atoms with van der Waals surface area (Å²) in [5.41, 5.74) is 0.840. The van der Waals surface area contributed by atoms with E-state index >= 15 is 0 Å². The molecule has 0 aromatic carbocycles. The Morgan fingerprint density at radius 3 is 2.90 bits per heavy atom. The minimum Gasteiger partial charge on any atom is -0.463 e. The number of aromatic nitrogens is 2. The first-order chi connectivity index (χ1) is 9.43. The van der Waals surface area contributed by atoms with E-state index in [-0.39, 0.29) is 11.7 Å². The van der Waals surface area contributed by atoms with Crippen molar-refractivity contribution >= 4 is 9.84 Å². The summed E-state index contributed by atoms with van der Waals surface area (Å²) < 4.78 is 29.6. The van der Waals surface area contributed by atoms with E-state index in [1.165, 1.54) is 0 Å². The molecule has 2 aliphatic rings. The summed E-state index contributed by atoms with van der Waals surface area (Å²) in [6, 6.07) is 2.13. The predicted molar refractivity (Wildman–Crippen MR) is 74.4 cm³/mol. The lowest BCUT2D eigenvalue weighted by atomic mass is 9.84. The van der Waals surface area contributed by atoms with Crippen molar-refractivity contribution in [2.45, 2.75) is 18.1 Å². The smallest absolute Gasteiger partial charge is 0.316 e. The second-order valence-electron chi connectivity index (χ2n) is 5.83. The number of aryl methyl sites for hydroxylation is 1. The molecule has 1 aromatic heterocycles. The van der Waals surface area contributed by atoms with Crippen LogP contribution in [0, 0.1) is 12.8 Å². The quantitative estimate of drug-likeness (QED) is 0.798. The van der Waals surface area contributed by atoms with Gasteiger partial charge in [0, 0.05) is 30.9 Å². The molecule has 0 radical (unpaired) electrons. The van der Waals surface area contributed by atoms with Crippen molar-refractivity contribution in [3.63, 3.8) is 0 Å². The minimum absolute atomic E-state index is 0.0350. The van der Waals surface area contributed by atoms with Gasteiger partial charge in [0.15, 0.2) is 9.84 Å². The first-order valence-corrected chi connectivity index (χ1v) is 8.41. The van der Waals surface area contributed by atoms with E-state index < -0.39 is 14.6 Å². The number of ether oxygens (including phenoxy) is 1. The summed E-state index contributed by atoms with van der Waals surface area (Å²) in [5, 5.41) is 0. The molecule has 1 aromatic rings. The molecule has 3 heterocycles. The molecule has 20 heavy (non-hydrogen) atoms. The fraction of sp³-hybridized carbons (Fsp3) is 0.692. The molecular formula is C13H19N3O3S. The Hall–Kier alpha value is -1.21. The number of likely N-dealkylation sites (tertiary alicyclic amines) is 1. The van der Waals surface area contributed by atoms with Gasteiger partial charge in [-0.1, -0.05) is 0 Å². The molecule has 0 saturated carbocycles. The summed E-state index contributed by atoms with van der Waals surface area (Å²) in [5.74, 6) is 0.302. The van der Waals surface area contributed by atoms with Crippen molar-refractivity contribution in [3.05, 3.63) is 18.0 Å². The molecule has 6 nitrogen and oxygen atoms in total. The second-order valence-corrected chi connectivity index (χ2v) is 8.28. The van der Waals surface area contributed by atoms with Gasteiger partial charge < -0.3 is 9.64 Å². The molecule has 110 valence electrons. The molecule has 0 bridgehead atoms. The van der Waals surface area contributed by atoms with Crippen LogP contribution < -0.4 is 4.74 Å². The summed E-state index contributed by atoms with van der Waals surface area (Å²) in [6.07, 6.45) is 2.32. The molecule has 7 heteroatoms. The molecule has 2 aliphatic heterocycles. The van der Waals surface area contributed by atoms with E-state index in [2.05, 4.69) is 9.97 Å². The summed E-state index contributed by atoms with van der Waals surface area (Å²) in [6.45, 7) is 3.46. The van der Waals surface area contributed by atoms with Crippen molar-refractivity contribution in [3.8, 4) is 6.01 Å². The van der Waals surface area contributed by atoms with Crippen LogP contribution in [0.25, 0.3) is 0 Å². The van der Waals surface area contributed by atoms with E-state index in [0.29, 0.717) is 32.1 Å². The number of nitrogens with zero attached hydrogens (tertiary/aromatic N) is 3. The topological polar surface area (TPSA) is 72.4 Å². The summed E-state index contributed by atoms with van der Waals surface area (Å²) in [4.78, 5) is 10.3. The molecule has 2 saturated heterocycles. The van der Waals surface area contributed by atoms with Gasteiger partial charge in [0.1, 0.15) is 4.75 Å². The van der Waals surface area contributed by atoms with Crippen LogP contribution in [-0.2, 0) is 9.84 Å². The normalized spacial score (nSPS) is 27.4. The molecule has 0 N–H and O–H groups in total. The van der Waals surface area contributed by atoms with Gasteiger partial charge in [-0.25, -0.2) is 18.4 Å². The highest BCUT2D eigenvalue weighted by atomic mass is 32.2. The average molecular weight is 297 g/mol. The van der Waals surface area contributed by atoms with E-state index in [9.17, 15) is 8.42 Å². The van der Waals surface area contributed by atoms with Gasteiger partial charge in [0.05, 0.1) is 12.4 Å². The molecule has 1 spiro atoms.